The van der Waals surface area contributed by atoms with Gasteiger partial charge in [-0.1, -0.05) is 0 Å². The predicted octanol–water partition coefficient (Wildman–Crippen LogP) is 12.0. The molecule has 0 aliphatic rings. The first-order chi connectivity index (χ1) is 29.1. The lowest BCUT2D eigenvalue weighted by Crippen LogP contribution is -2.58. The van der Waals surface area contributed by atoms with E-state index in [2.05, 4.69) is 210 Å². The van der Waals surface area contributed by atoms with Crippen molar-refractivity contribution >= 4 is 147 Å². The molecule has 0 radical (unpaired) electrons. The van der Waals surface area contributed by atoms with Gasteiger partial charge < -0.3 is 57.6 Å². The van der Waals surface area contributed by atoms with Crippen molar-refractivity contribution in [1.82, 2.24) is 0 Å². The van der Waals surface area contributed by atoms with Crippen molar-refractivity contribution in [3.05, 3.63) is 0 Å². The molecule has 6 unspecified atom stereocenters. The maximum absolute atomic E-state index is 7.26. The molecule has 0 rings (SSSR count). The second kappa shape index (κ2) is 26.0. The lowest BCUT2D eigenvalue weighted by Gasteiger charge is -2.43. The van der Waals surface area contributed by atoms with Gasteiger partial charge in [0.15, 0.2) is 49.9 Å². The fourth-order valence-corrected chi connectivity index (χ4v) is 83.7. The van der Waals surface area contributed by atoms with Crippen LogP contribution in [-0.2, 0) is 57.6 Å². The minimum atomic E-state index is -2.86. The fourth-order valence-electron chi connectivity index (χ4n) is 8.78. The van der Waals surface area contributed by atoms with Crippen LogP contribution in [0.4, 0.5) is 0 Å². The Bertz CT molecular complexity index is 1380. The van der Waals surface area contributed by atoms with Crippen LogP contribution in [0.1, 0.15) is 0 Å². The van der Waals surface area contributed by atoms with Crippen LogP contribution in [0.2, 0.25) is 234 Å². The van der Waals surface area contributed by atoms with Gasteiger partial charge in [-0.25, -0.2) is 0 Å². The fraction of sp³-hybridized carbons (Fsp3) is 1.00. The molecule has 0 bridgehead atoms. The summed E-state index contributed by atoms with van der Waals surface area (Å²) in [7, 11) is -38.4. The van der Waals surface area contributed by atoms with E-state index in [1.54, 1.807) is 0 Å². The van der Waals surface area contributed by atoms with Crippen LogP contribution in [0.15, 0.2) is 0 Å². The van der Waals surface area contributed by atoms with E-state index in [0.717, 1.165) is 24.2 Å². The van der Waals surface area contributed by atoms with E-state index in [-0.39, 0.29) is 0 Å². The topological polar surface area (TPSA) is 129 Å². The van der Waals surface area contributed by atoms with E-state index >= 15 is 0 Å². The van der Waals surface area contributed by atoms with Gasteiger partial charge in [0, 0.05) is 0 Å². The van der Waals surface area contributed by atoms with Crippen molar-refractivity contribution in [3.63, 3.8) is 0 Å². The van der Waals surface area contributed by atoms with E-state index in [4.69, 9.17) is 57.6 Å². The van der Waals surface area contributed by atoms with Crippen LogP contribution in [0.5, 0.6) is 0 Å². The quantitative estimate of drug-likeness (QED) is 0.0567. The van der Waals surface area contributed by atoms with Crippen molar-refractivity contribution in [1.29, 1.82) is 0 Å². The highest BCUT2D eigenvalue weighted by Crippen LogP contribution is 2.34. The van der Waals surface area contributed by atoms with Gasteiger partial charge in [0.25, 0.3) is 18.6 Å². The SMILES string of the molecule is C[SiH](O[Si](C)(C)C)O[Si](C)(C)O[Si](C)(CC[Si](C)(C)O[Si](C)(C)O[Si](C)(C)CC[Si](C)(O[SiH](C)O[Si](C)(C)O[Si](C)(C)C)O[Si](C)(C)O[SiH](C)O[Si](C)(C)C)O[SiH](C)O[Si](C)(C)O[Si](C)(C)C. The Balaban J connectivity index is 6.46. The third kappa shape index (κ3) is 35.9. The Morgan fingerprint density at radius 1 is 0.224 bits per heavy atom. The molecular weight excluding hydrogens is 1130 g/mol. The summed E-state index contributed by atoms with van der Waals surface area (Å²) in [6.45, 7) is 70.3. The Kier molecular flexibility index (Phi) is 27.2. The Hall–Kier alpha value is 3.13. The maximum Gasteiger partial charge on any atom is 0.316 e. The highest BCUT2D eigenvalue weighted by atomic mass is 28.5. The minimum absolute atomic E-state index is 0.775. The molecule has 0 fully saturated rings. The number of hydrogen-bond acceptors (Lipinski definition) is 14. The van der Waals surface area contributed by atoms with E-state index < -0.39 is 147 Å². The summed E-state index contributed by atoms with van der Waals surface area (Å²) < 4.78 is 96.0. The molecule has 0 saturated carbocycles. The third-order valence-electron chi connectivity index (χ3n) is 9.10. The van der Waals surface area contributed by atoms with Gasteiger partial charge in [0.05, 0.1) is 0 Å². The van der Waals surface area contributed by atoms with E-state index in [1.165, 1.54) is 0 Å². The molecule has 14 nitrogen and oxygen atoms in total. The molecule has 0 aromatic carbocycles. The van der Waals surface area contributed by atoms with Gasteiger partial charge in [-0.2, -0.15) is 0 Å². The second-order valence-corrected chi connectivity index (χ2v) is 87.5. The summed E-state index contributed by atoms with van der Waals surface area (Å²) >= 11 is 0. The van der Waals surface area contributed by atoms with Gasteiger partial charge in [0.1, 0.15) is 0 Å². The molecule has 67 heavy (non-hydrogen) atoms. The zero-order valence-electron chi connectivity index (χ0n) is 49.4. The molecule has 0 aliphatic heterocycles. The predicted molar refractivity (Wildman–Crippen MR) is 325 cm³/mol. The van der Waals surface area contributed by atoms with Crippen molar-refractivity contribution in [2.45, 2.75) is 234 Å². The molecule has 0 saturated heterocycles. The Morgan fingerprint density at radius 3 is 0.672 bits per heavy atom. The second-order valence-electron chi connectivity index (χ2n) is 26.1. The molecule has 6 atom stereocenters. The van der Waals surface area contributed by atoms with Crippen LogP contribution in [0.25, 0.3) is 0 Å². The summed E-state index contributed by atoms with van der Waals surface area (Å²) in [4.78, 5) is 0. The Labute approximate surface area is 434 Å². The van der Waals surface area contributed by atoms with Gasteiger partial charge in [-0.05, 0) is 234 Å². The lowest BCUT2D eigenvalue weighted by molar-refractivity contribution is 0.282. The largest absolute Gasteiger partial charge is 0.439 e. The molecule has 0 heterocycles. The summed E-state index contributed by atoms with van der Waals surface area (Å²) in [5.74, 6) is 0. The summed E-state index contributed by atoms with van der Waals surface area (Å²) in [6.07, 6.45) is 0. The van der Waals surface area contributed by atoms with Crippen LogP contribution < -0.4 is 0 Å². The molecule has 0 aliphatic carbocycles. The number of rotatable bonds is 34. The van der Waals surface area contributed by atoms with Crippen molar-refractivity contribution in [3.8, 4) is 0 Å². The van der Waals surface area contributed by atoms with Crippen LogP contribution >= 0.6 is 0 Å². The standard InChI is InChI=1S/C36H108O14Si17/c1-51(37-55(5,6)7)39-63(25,26)49-66(31,43-53(3)41-61(21,22)45-57(11,12)13)35-33-59(17,18)47-65(29,30)48-60(19,20)34-36-67(32,44-54(4)42-62(23,24)46-58(14,15)16)50-64(27,28)40-52(2)38-56(8,9)10/h51-54H,33-36H2,1-32H3. The maximum atomic E-state index is 7.26. The summed E-state index contributed by atoms with van der Waals surface area (Å²) in [5.41, 5.74) is 0. The van der Waals surface area contributed by atoms with Gasteiger partial charge >= 0.3 is 78.5 Å². The first kappa shape index (κ1) is 70.1. The van der Waals surface area contributed by atoms with Crippen molar-refractivity contribution < 1.29 is 57.6 Å². The third-order valence-corrected chi connectivity index (χ3v) is 69.2. The molecule has 0 spiro atoms. The first-order valence-corrected chi connectivity index (χ1v) is 72.1. The van der Waals surface area contributed by atoms with E-state index in [0.29, 0.717) is 0 Å². The van der Waals surface area contributed by atoms with Crippen LogP contribution in [-0.4, -0.2) is 147 Å². The van der Waals surface area contributed by atoms with Crippen LogP contribution in [0, 0.1) is 0 Å². The zero-order valence-corrected chi connectivity index (χ0v) is 67.0. The van der Waals surface area contributed by atoms with Gasteiger partial charge in [-0.15, -0.1) is 0 Å². The average Bonchev–Trinajstić information content (AvgIpc) is 2.91. The number of hydrogen-bond donors (Lipinski definition) is 0. The molecule has 404 valence electrons. The minimum Gasteiger partial charge on any atom is -0.439 e. The van der Waals surface area contributed by atoms with Crippen LogP contribution in [0.3, 0.4) is 0 Å². The first-order valence-electron chi connectivity index (χ1n) is 24.7. The monoisotopic (exact) mass is 1240 g/mol. The average molecular weight is 1240 g/mol. The normalized spacial score (nSPS) is 18.6. The Morgan fingerprint density at radius 2 is 0.448 bits per heavy atom. The van der Waals surface area contributed by atoms with E-state index in [9.17, 15) is 0 Å². The van der Waals surface area contributed by atoms with E-state index in [1.807, 2.05) is 0 Å². The summed E-state index contributed by atoms with van der Waals surface area (Å²) in [6, 6.07) is 3.29. The highest BCUT2D eigenvalue weighted by molar-refractivity contribution is 6.92. The van der Waals surface area contributed by atoms with Gasteiger partial charge in [-0.3, -0.25) is 0 Å². The zero-order chi connectivity index (χ0) is 53.5. The molecule has 0 aromatic heterocycles. The molecule has 0 amide bonds. The smallest absolute Gasteiger partial charge is 0.316 e. The lowest BCUT2D eigenvalue weighted by atomic mass is 10.9. The highest BCUT2D eigenvalue weighted by Gasteiger charge is 2.49. The summed E-state index contributed by atoms with van der Waals surface area (Å²) in [5, 5.41) is 0. The van der Waals surface area contributed by atoms with Crippen molar-refractivity contribution in [2.24, 2.45) is 0 Å². The molecular formula is C36H108O14Si17. The molecule has 0 aromatic rings. The molecule has 0 N–H and O–H groups in total. The molecule has 31 heteroatoms. The van der Waals surface area contributed by atoms with Crippen molar-refractivity contribution in [2.75, 3.05) is 0 Å². The van der Waals surface area contributed by atoms with Gasteiger partial charge in [0.2, 0.25) is 0 Å².